The number of nitrogens with one attached hydrogen (secondary N) is 1. The summed E-state index contributed by atoms with van der Waals surface area (Å²) in [6, 6.07) is 12.8. The first kappa shape index (κ1) is 20.6. The molecular formula is C23H23FN4O3. The highest BCUT2D eigenvalue weighted by molar-refractivity contribution is 5.99. The molecule has 1 saturated heterocycles. The van der Waals surface area contributed by atoms with E-state index < -0.39 is 0 Å². The van der Waals surface area contributed by atoms with E-state index in [4.69, 9.17) is 4.74 Å². The third-order valence-electron chi connectivity index (χ3n) is 5.39. The number of amides is 3. The molecule has 31 heavy (non-hydrogen) atoms. The second-order valence-electron chi connectivity index (χ2n) is 7.40. The number of benzene rings is 2. The van der Waals surface area contributed by atoms with Crippen molar-refractivity contribution in [3.05, 3.63) is 65.6 Å². The van der Waals surface area contributed by atoms with Crippen LogP contribution < -0.4 is 10.1 Å². The van der Waals surface area contributed by atoms with Crippen LogP contribution in [0.15, 0.2) is 48.5 Å². The Morgan fingerprint density at radius 1 is 1.00 bits per heavy atom. The first-order valence-corrected chi connectivity index (χ1v) is 10.0. The van der Waals surface area contributed by atoms with Gasteiger partial charge in [-0.3, -0.25) is 9.78 Å². The average Bonchev–Trinajstić information content (AvgIpc) is 2.79. The van der Waals surface area contributed by atoms with Crippen molar-refractivity contribution in [3.8, 4) is 5.75 Å². The molecule has 3 amide bonds. The molecule has 3 aromatic rings. The number of carbonyl (C=O) groups excluding carboxylic acids is 2. The van der Waals surface area contributed by atoms with E-state index in [2.05, 4.69) is 10.3 Å². The third kappa shape index (κ3) is 4.42. The van der Waals surface area contributed by atoms with E-state index in [-0.39, 0.29) is 17.8 Å². The topological polar surface area (TPSA) is 74.8 Å². The molecule has 2 heterocycles. The van der Waals surface area contributed by atoms with Crippen LogP contribution in [0.25, 0.3) is 10.9 Å². The monoisotopic (exact) mass is 422 g/mol. The minimum absolute atomic E-state index is 0.103. The Morgan fingerprint density at radius 2 is 1.68 bits per heavy atom. The standard InChI is InChI=1S/C23H23FN4O3/c1-15-20(14-16-13-19(31-2)7-8-21(16)25-15)22(29)27-9-11-28(12-10-27)23(30)26-18-5-3-17(24)4-6-18/h3-8,13-14H,9-12H2,1-2H3,(H,26,30). The number of ether oxygens (including phenoxy) is 1. The van der Waals surface area contributed by atoms with Crippen LogP contribution in [0, 0.1) is 12.7 Å². The smallest absolute Gasteiger partial charge is 0.321 e. The fourth-order valence-corrected chi connectivity index (χ4v) is 3.61. The van der Waals surface area contributed by atoms with Crippen LogP contribution in [0.3, 0.4) is 0 Å². The second kappa shape index (κ2) is 8.59. The third-order valence-corrected chi connectivity index (χ3v) is 5.39. The minimum Gasteiger partial charge on any atom is -0.497 e. The van der Waals surface area contributed by atoms with E-state index in [0.29, 0.717) is 48.9 Å². The molecule has 8 heteroatoms. The number of urea groups is 1. The summed E-state index contributed by atoms with van der Waals surface area (Å²) >= 11 is 0. The highest BCUT2D eigenvalue weighted by atomic mass is 19.1. The second-order valence-corrected chi connectivity index (χ2v) is 7.40. The van der Waals surface area contributed by atoms with Crippen LogP contribution in [0.5, 0.6) is 5.75 Å². The lowest BCUT2D eigenvalue weighted by atomic mass is 10.1. The van der Waals surface area contributed by atoms with Gasteiger partial charge in [-0.25, -0.2) is 9.18 Å². The molecule has 7 nitrogen and oxygen atoms in total. The molecule has 2 aromatic carbocycles. The quantitative estimate of drug-likeness (QED) is 0.699. The number of rotatable bonds is 3. The van der Waals surface area contributed by atoms with Crippen molar-refractivity contribution in [3.63, 3.8) is 0 Å². The number of pyridine rings is 1. The molecule has 0 atom stereocenters. The summed E-state index contributed by atoms with van der Waals surface area (Å²) in [5, 5.41) is 3.59. The largest absolute Gasteiger partial charge is 0.497 e. The molecule has 0 bridgehead atoms. The van der Waals surface area contributed by atoms with Crippen molar-refractivity contribution in [1.82, 2.24) is 14.8 Å². The van der Waals surface area contributed by atoms with Crippen LogP contribution in [0.2, 0.25) is 0 Å². The van der Waals surface area contributed by atoms with Crippen LogP contribution >= 0.6 is 0 Å². The Kier molecular flexibility index (Phi) is 5.70. The summed E-state index contributed by atoms with van der Waals surface area (Å²) in [7, 11) is 1.60. The van der Waals surface area contributed by atoms with E-state index in [1.807, 2.05) is 31.2 Å². The number of halogens is 1. The van der Waals surface area contributed by atoms with Crippen molar-refractivity contribution in [2.24, 2.45) is 0 Å². The molecule has 1 aliphatic rings. The molecule has 1 aromatic heterocycles. The lowest BCUT2D eigenvalue weighted by molar-refractivity contribution is 0.0670. The predicted octanol–water partition coefficient (Wildman–Crippen LogP) is 3.68. The van der Waals surface area contributed by atoms with Crippen molar-refractivity contribution in [2.75, 3.05) is 38.6 Å². The fourth-order valence-electron chi connectivity index (χ4n) is 3.61. The molecule has 1 aliphatic heterocycles. The Labute approximate surface area is 179 Å². The van der Waals surface area contributed by atoms with Gasteiger partial charge in [0.15, 0.2) is 0 Å². The number of methoxy groups -OCH3 is 1. The Bertz CT molecular complexity index is 1130. The SMILES string of the molecule is COc1ccc2nc(C)c(C(=O)N3CCN(C(=O)Nc4ccc(F)cc4)CC3)cc2c1. The lowest BCUT2D eigenvalue weighted by Crippen LogP contribution is -2.51. The Hall–Kier alpha value is -3.68. The summed E-state index contributed by atoms with van der Waals surface area (Å²) in [5.41, 5.74) is 2.54. The molecule has 160 valence electrons. The van der Waals surface area contributed by atoms with E-state index in [0.717, 1.165) is 10.9 Å². The maximum absolute atomic E-state index is 13.1. The predicted molar refractivity (Wildman–Crippen MR) is 116 cm³/mol. The summed E-state index contributed by atoms with van der Waals surface area (Å²) in [6.07, 6.45) is 0. The molecule has 1 fully saturated rings. The maximum Gasteiger partial charge on any atom is 0.321 e. The maximum atomic E-state index is 13.1. The van der Waals surface area contributed by atoms with Crippen LogP contribution in [-0.2, 0) is 0 Å². The van der Waals surface area contributed by atoms with E-state index in [9.17, 15) is 14.0 Å². The number of aromatic nitrogens is 1. The molecule has 0 radical (unpaired) electrons. The van der Waals surface area contributed by atoms with Crippen molar-refractivity contribution >= 4 is 28.5 Å². The van der Waals surface area contributed by atoms with E-state index in [1.54, 1.807) is 16.9 Å². The zero-order valence-corrected chi connectivity index (χ0v) is 17.4. The van der Waals surface area contributed by atoms with Gasteiger partial charge in [-0.1, -0.05) is 0 Å². The van der Waals surface area contributed by atoms with Crippen LogP contribution in [-0.4, -0.2) is 60.0 Å². The molecule has 0 aliphatic carbocycles. The highest BCUT2D eigenvalue weighted by Gasteiger charge is 2.26. The molecule has 1 N–H and O–H groups in total. The van der Waals surface area contributed by atoms with Gasteiger partial charge < -0.3 is 19.9 Å². The lowest BCUT2D eigenvalue weighted by Gasteiger charge is -2.35. The van der Waals surface area contributed by atoms with Crippen molar-refractivity contribution in [2.45, 2.75) is 6.92 Å². The van der Waals surface area contributed by atoms with Gasteiger partial charge in [0, 0.05) is 37.3 Å². The number of aryl methyl sites for hydroxylation is 1. The van der Waals surface area contributed by atoms with Gasteiger partial charge in [0.05, 0.1) is 23.9 Å². The highest BCUT2D eigenvalue weighted by Crippen LogP contribution is 2.23. The molecule has 0 unspecified atom stereocenters. The normalized spacial score (nSPS) is 13.9. The number of fused-ring (bicyclic) bond motifs is 1. The zero-order chi connectivity index (χ0) is 22.0. The number of carbonyl (C=O) groups is 2. The summed E-state index contributed by atoms with van der Waals surface area (Å²) in [5.74, 6) is 0.243. The van der Waals surface area contributed by atoms with Crippen molar-refractivity contribution in [1.29, 1.82) is 0 Å². The summed E-state index contributed by atoms with van der Waals surface area (Å²) in [4.78, 5) is 33.5. The summed E-state index contributed by atoms with van der Waals surface area (Å²) in [6.45, 7) is 3.49. The molecule has 0 saturated carbocycles. The van der Waals surface area contributed by atoms with Crippen LogP contribution in [0.1, 0.15) is 16.1 Å². The Balaban J connectivity index is 1.42. The van der Waals surface area contributed by atoms with Gasteiger partial charge in [-0.05, 0) is 55.5 Å². The number of hydrogen-bond acceptors (Lipinski definition) is 4. The van der Waals surface area contributed by atoms with Gasteiger partial charge in [0.2, 0.25) is 0 Å². The minimum atomic E-state index is -0.359. The molecule has 4 rings (SSSR count). The number of anilines is 1. The van der Waals surface area contributed by atoms with Gasteiger partial charge in [-0.15, -0.1) is 0 Å². The average molecular weight is 422 g/mol. The van der Waals surface area contributed by atoms with Crippen molar-refractivity contribution < 1.29 is 18.7 Å². The van der Waals surface area contributed by atoms with Gasteiger partial charge in [0.1, 0.15) is 11.6 Å². The van der Waals surface area contributed by atoms with Gasteiger partial charge in [0.25, 0.3) is 5.91 Å². The van der Waals surface area contributed by atoms with Gasteiger partial charge >= 0.3 is 6.03 Å². The number of nitrogens with zero attached hydrogens (tertiary/aromatic N) is 3. The summed E-state index contributed by atoms with van der Waals surface area (Å²) < 4.78 is 18.3. The van der Waals surface area contributed by atoms with Gasteiger partial charge in [-0.2, -0.15) is 0 Å². The van der Waals surface area contributed by atoms with E-state index in [1.165, 1.54) is 24.3 Å². The number of piperazine rings is 1. The first-order valence-electron chi connectivity index (χ1n) is 10.0. The number of hydrogen-bond donors (Lipinski definition) is 1. The first-order chi connectivity index (χ1) is 14.9. The van der Waals surface area contributed by atoms with Crippen LogP contribution in [0.4, 0.5) is 14.9 Å². The van der Waals surface area contributed by atoms with E-state index >= 15 is 0 Å². The molecule has 0 spiro atoms. The fraction of sp³-hybridized carbons (Fsp3) is 0.261. The Morgan fingerprint density at radius 3 is 2.35 bits per heavy atom. The zero-order valence-electron chi connectivity index (χ0n) is 17.4. The molecular weight excluding hydrogens is 399 g/mol.